The number of aliphatic hydroxyl groups excluding tert-OH is 1. The second-order valence-electron chi connectivity index (χ2n) is 4.28. The second-order valence-corrected chi connectivity index (χ2v) is 4.28. The molecule has 0 fully saturated rings. The molecule has 82 valence electrons. The molecule has 1 N–H and O–H groups in total. The van der Waals surface area contributed by atoms with Gasteiger partial charge in [0, 0.05) is 6.04 Å². The van der Waals surface area contributed by atoms with Crippen LogP contribution in [-0.4, -0.2) is 14.7 Å². The molecule has 0 bridgehead atoms. The molecule has 16 heavy (non-hydrogen) atoms. The van der Waals surface area contributed by atoms with Gasteiger partial charge >= 0.3 is 0 Å². The van der Waals surface area contributed by atoms with E-state index in [-0.39, 0.29) is 6.61 Å². The number of hydrogen-bond donors (Lipinski definition) is 1. The van der Waals surface area contributed by atoms with Crippen molar-refractivity contribution in [2.75, 3.05) is 0 Å². The Balaban J connectivity index is 1.91. The van der Waals surface area contributed by atoms with Gasteiger partial charge in [-0.1, -0.05) is 24.3 Å². The number of rotatable bonds is 2. The Hall–Kier alpha value is -1.61. The Bertz CT molecular complexity index is 479. The minimum atomic E-state index is 0.0623. The van der Waals surface area contributed by atoms with E-state index in [1.54, 1.807) is 6.20 Å². The lowest BCUT2D eigenvalue weighted by Gasteiger charge is -2.13. The third-order valence-corrected chi connectivity index (χ3v) is 3.33. The normalized spacial score (nSPS) is 15.3. The molecule has 1 heterocycles. The molecule has 0 aliphatic heterocycles. The van der Waals surface area contributed by atoms with Crippen LogP contribution < -0.4 is 0 Å². The third-order valence-electron chi connectivity index (χ3n) is 3.33. The SMILES string of the molecule is OCc1cncn1C1Cc2ccccc2C1. The maximum Gasteiger partial charge on any atom is 0.0951 e. The summed E-state index contributed by atoms with van der Waals surface area (Å²) >= 11 is 0. The molecule has 0 atom stereocenters. The molecule has 1 aromatic heterocycles. The van der Waals surface area contributed by atoms with Gasteiger partial charge in [0.1, 0.15) is 0 Å². The van der Waals surface area contributed by atoms with Crippen LogP contribution in [0, 0.1) is 0 Å². The van der Waals surface area contributed by atoms with E-state index in [1.165, 1.54) is 11.1 Å². The second kappa shape index (κ2) is 3.76. The van der Waals surface area contributed by atoms with Gasteiger partial charge in [0.05, 0.1) is 24.8 Å². The van der Waals surface area contributed by atoms with Crippen molar-refractivity contribution >= 4 is 0 Å². The topological polar surface area (TPSA) is 38.1 Å². The maximum atomic E-state index is 9.22. The molecular weight excluding hydrogens is 200 g/mol. The Morgan fingerprint density at radius 2 is 1.94 bits per heavy atom. The lowest BCUT2D eigenvalue weighted by Crippen LogP contribution is -2.11. The molecule has 0 saturated carbocycles. The van der Waals surface area contributed by atoms with Crippen LogP contribution in [0.2, 0.25) is 0 Å². The Labute approximate surface area is 94.4 Å². The largest absolute Gasteiger partial charge is 0.390 e. The standard InChI is InChI=1S/C13H14N2O/c16-8-13-7-14-9-15(13)12-5-10-3-1-2-4-11(10)6-12/h1-4,7,9,12,16H,5-6,8H2. The van der Waals surface area contributed by atoms with Crippen molar-refractivity contribution < 1.29 is 5.11 Å². The Kier molecular flexibility index (Phi) is 2.26. The number of benzene rings is 1. The predicted octanol–water partition coefficient (Wildman–Crippen LogP) is 1.72. The molecule has 0 saturated heterocycles. The number of imidazole rings is 1. The monoisotopic (exact) mass is 214 g/mol. The molecule has 2 aromatic rings. The first-order valence-corrected chi connectivity index (χ1v) is 5.57. The van der Waals surface area contributed by atoms with Gasteiger partial charge in [0.2, 0.25) is 0 Å². The van der Waals surface area contributed by atoms with Crippen LogP contribution in [0.5, 0.6) is 0 Å². The van der Waals surface area contributed by atoms with Crippen molar-refractivity contribution in [1.82, 2.24) is 9.55 Å². The summed E-state index contributed by atoms with van der Waals surface area (Å²) in [4.78, 5) is 4.10. The molecule has 1 aliphatic rings. The zero-order valence-corrected chi connectivity index (χ0v) is 9.00. The summed E-state index contributed by atoms with van der Waals surface area (Å²) in [6.07, 6.45) is 5.64. The van der Waals surface area contributed by atoms with E-state index in [2.05, 4.69) is 33.8 Å². The van der Waals surface area contributed by atoms with E-state index >= 15 is 0 Å². The molecule has 1 aromatic carbocycles. The highest BCUT2D eigenvalue weighted by molar-refractivity contribution is 5.33. The Morgan fingerprint density at radius 1 is 1.25 bits per heavy atom. The van der Waals surface area contributed by atoms with Crippen molar-refractivity contribution in [2.45, 2.75) is 25.5 Å². The molecule has 0 spiro atoms. The number of aliphatic hydroxyl groups is 1. The molecule has 3 rings (SSSR count). The fraction of sp³-hybridized carbons (Fsp3) is 0.308. The fourth-order valence-corrected chi connectivity index (χ4v) is 2.52. The van der Waals surface area contributed by atoms with Gasteiger partial charge in [0.25, 0.3) is 0 Å². The van der Waals surface area contributed by atoms with Crippen molar-refractivity contribution in [1.29, 1.82) is 0 Å². The molecule has 0 radical (unpaired) electrons. The predicted molar refractivity (Wildman–Crippen MR) is 61.0 cm³/mol. The first-order valence-electron chi connectivity index (χ1n) is 5.57. The number of fused-ring (bicyclic) bond motifs is 1. The van der Waals surface area contributed by atoms with Crippen LogP contribution in [0.1, 0.15) is 22.9 Å². The molecule has 1 aliphatic carbocycles. The zero-order chi connectivity index (χ0) is 11.0. The van der Waals surface area contributed by atoms with Crippen LogP contribution in [0.15, 0.2) is 36.8 Å². The summed E-state index contributed by atoms with van der Waals surface area (Å²) in [6, 6.07) is 8.96. The maximum absolute atomic E-state index is 9.22. The van der Waals surface area contributed by atoms with Gasteiger partial charge < -0.3 is 9.67 Å². The highest BCUT2D eigenvalue weighted by Crippen LogP contribution is 2.30. The van der Waals surface area contributed by atoms with Gasteiger partial charge in [-0.05, 0) is 24.0 Å². The van der Waals surface area contributed by atoms with Gasteiger partial charge in [-0.15, -0.1) is 0 Å². The molecule has 3 heteroatoms. The van der Waals surface area contributed by atoms with Crippen LogP contribution in [0.25, 0.3) is 0 Å². The minimum Gasteiger partial charge on any atom is -0.390 e. The summed E-state index contributed by atoms with van der Waals surface area (Å²) in [7, 11) is 0. The fourth-order valence-electron chi connectivity index (χ4n) is 2.52. The number of hydrogen-bond acceptors (Lipinski definition) is 2. The first kappa shape index (κ1) is 9.60. The van der Waals surface area contributed by atoms with E-state index in [1.807, 2.05) is 6.33 Å². The van der Waals surface area contributed by atoms with Crippen LogP contribution >= 0.6 is 0 Å². The van der Waals surface area contributed by atoms with Crippen molar-refractivity contribution in [3.8, 4) is 0 Å². The van der Waals surface area contributed by atoms with E-state index in [0.717, 1.165) is 18.5 Å². The van der Waals surface area contributed by atoms with Gasteiger partial charge in [0.15, 0.2) is 0 Å². The van der Waals surface area contributed by atoms with Crippen LogP contribution in [0.4, 0.5) is 0 Å². The van der Waals surface area contributed by atoms with Crippen molar-refractivity contribution in [3.05, 3.63) is 53.6 Å². The number of nitrogens with zero attached hydrogens (tertiary/aromatic N) is 2. The van der Waals surface area contributed by atoms with E-state index in [0.29, 0.717) is 6.04 Å². The third kappa shape index (κ3) is 1.44. The summed E-state index contributed by atoms with van der Waals surface area (Å²) in [5.41, 5.74) is 3.74. The zero-order valence-electron chi connectivity index (χ0n) is 9.00. The average Bonchev–Trinajstić information content (AvgIpc) is 2.94. The lowest BCUT2D eigenvalue weighted by atomic mass is 10.1. The van der Waals surface area contributed by atoms with Crippen LogP contribution in [-0.2, 0) is 19.4 Å². The Morgan fingerprint density at radius 3 is 2.56 bits per heavy atom. The highest BCUT2D eigenvalue weighted by atomic mass is 16.3. The number of aromatic nitrogens is 2. The quantitative estimate of drug-likeness (QED) is 0.826. The lowest BCUT2D eigenvalue weighted by molar-refractivity contribution is 0.266. The van der Waals surface area contributed by atoms with Crippen molar-refractivity contribution in [3.63, 3.8) is 0 Å². The minimum absolute atomic E-state index is 0.0623. The summed E-state index contributed by atoms with van der Waals surface area (Å²) in [5, 5.41) is 9.22. The van der Waals surface area contributed by atoms with Crippen LogP contribution in [0.3, 0.4) is 0 Å². The summed E-state index contributed by atoms with van der Waals surface area (Å²) < 4.78 is 2.10. The van der Waals surface area contributed by atoms with Gasteiger partial charge in [-0.2, -0.15) is 0 Å². The van der Waals surface area contributed by atoms with Gasteiger partial charge in [-0.3, -0.25) is 0 Å². The highest BCUT2D eigenvalue weighted by Gasteiger charge is 2.23. The molecular formula is C13H14N2O. The van der Waals surface area contributed by atoms with E-state index in [9.17, 15) is 5.11 Å². The first-order chi connectivity index (χ1) is 7.88. The summed E-state index contributed by atoms with van der Waals surface area (Å²) in [6.45, 7) is 0.0623. The molecule has 3 nitrogen and oxygen atoms in total. The molecule has 0 amide bonds. The smallest absolute Gasteiger partial charge is 0.0951 e. The van der Waals surface area contributed by atoms with E-state index in [4.69, 9.17) is 0 Å². The van der Waals surface area contributed by atoms with E-state index < -0.39 is 0 Å². The van der Waals surface area contributed by atoms with Gasteiger partial charge in [-0.25, -0.2) is 4.98 Å². The average molecular weight is 214 g/mol. The van der Waals surface area contributed by atoms with Crippen molar-refractivity contribution in [2.24, 2.45) is 0 Å². The molecule has 0 unspecified atom stereocenters. The summed E-state index contributed by atoms with van der Waals surface area (Å²) in [5.74, 6) is 0.